The maximum absolute atomic E-state index is 12.7. The third kappa shape index (κ3) is 3.90. The van der Waals surface area contributed by atoms with Crippen LogP contribution in [0.5, 0.6) is 0 Å². The number of aromatic nitrogens is 2. The van der Waals surface area contributed by atoms with Crippen LogP contribution >= 0.6 is 0 Å². The van der Waals surface area contributed by atoms with Crippen LogP contribution in [0.3, 0.4) is 0 Å². The number of hydrogen-bond acceptors (Lipinski definition) is 1. The van der Waals surface area contributed by atoms with Crippen LogP contribution in [-0.2, 0) is 6.18 Å². The highest BCUT2D eigenvalue weighted by Crippen LogP contribution is 2.37. The van der Waals surface area contributed by atoms with Gasteiger partial charge in [-0.2, -0.15) is 18.3 Å². The third-order valence-electron chi connectivity index (χ3n) is 3.57. The van der Waals surface area contributed by atoms with Crippen LogP contribution in [0.1, 0.15) is 51.3 Å². The second-order valence-electron chi connectivity index (χ2n) is 6.92. The van der Waals surface area contributed by atoms with Crippen molar-refractivity contribution < 1.29 is 13.2 Å². The van der Waals surface area contributed by atoms with Gasteiger partial charge in [-0.15, -0.1) is 0 Å². The predicted molar refractivity (Wildman–Crippen MR) is 81.5 cm³/mol. The van der Waals surface area contributed by atoms with Gasteiger partial charge in [-0.25, -0.2) is 0 Å². The van der Waals surface area contributed by atoms with E-state index in [9.17, 15) is 13.2 Å². The van der Waals surface area contributed by atoms with E-state index in [2.05, 4.69) is 37.9 Å². The summed E-state index contributed by atoms with van der Waals surface area (Å²) < 4.78 is 38.2. The first-order valence-electron chi connectivity index (χ1n) is 7.30. The average Bonchev–Trinajstić information content (AvgIpc) is 2.86. The van der Waals surface area contributed by atoms with Crippen LogP contribution in [0.2, 0.25) is 0 Å². The third-order valence-corrected chi connectivity index (χ3v) is 3.57. The zero-order valence-corrected chi connectivity index (χ0v) is 13.3. The fourth-order valence-electron chi connectivity index (χ4n) is 2.79. The Bertz CT molecular complexity index is 636. The summed E-state index contributed by atoms with van der Waals surface area (Å²) in [5, 5.41) is 5.93. The van der Waals surface area contributed by atoms with Gasteiger partial charge < -0.3 is 0 Å². The summed E-state index contributed by atoms with van der Waals surface area (Å²) >= 11 is 0. The number of aromatic amines is 1. The van der Waals surface area contributed by atoms with Crippen molar-refractivity contribution >= 4 is 0 Å². The molecule has 1 aromatic carbocycles. The summed E-state index contributed by atoms with van der Waals surface area (Å²) in [7, 11) is 0. The van der Waals surface area contributed by atoms with Crippen LogP contribution in [-0.4, -0.2) is 10.2 Å². The molecule has 0 radical (unpaired) electrons. The summed E-state index contributed by atoms with van der Waals surface area (Å²) in [6.07, 6.45) is -3.46. The number of rotatable bonds is 3. The fraction of sp³-hybridized carbons (Fsp3) is 0.471. The van der Waals surface area contributed by atoms with Gasteiger partial charge in [0.15, 0.2) is 0 Å². The molecule has 1 unspecified atom stereocenters. The van der Waals surface area contributed by atoms with Gasteiger partial charge in [0.05, 0.1) is 5.69 Å². The molecule has 0 aliphatic heterocycles. The molecular formula is C17H21F3N2. The summed E-state index contributed by atoms with van der Waals surface area (Å²) in [4.78, 5) is 0. The SMILES string of the molecule is CC(CC(C)(C)C)c1ccccc1-c1cc(C(F)(F)F)[nH]n1. The molecule has 2 aromatic rings. The van der Waals surface area contributed by atoms with Crippen molar-refractivity contribution in [3.8, 4) is 11.3 Å². The normalized spacial score (nSPS) is 14.1. The van der Waals surface area contributed by atoms with E-state index in [4.69, 9.17) is 0 Å². The van der Waals surface area contributed by atoms with Crippen LogP contribution in [0.25, 0.3) is 11.3 Å². The van der Waals surface area contributed by atoms with Crippen molar-refractivity contribution in [1.29, 1.82) is 0 Å². The highest BCUT2D eigenvalue weighted by molar-refractivity contribution is 5.64. The summed E-state index contributed by atoms with van der Waals surface area (Å²) in [6, 6.07) is 8.60. The highest BCUT2D eigenvalue weighted by atomic mass is 19.4. The second-order valence-corrected chi connectivity index (χ2v) is 6.92. The summed E-state index contributed by atoms with van der Waals surface area (Å²) in [5.74, 6) is 0.238. The number of H-pyrrole nitrogens is 1. The van der Waals surface area contributed by atoms with Crippen molar-refractivity contribution in [2.45, 2.75) is 46.2 Å². The van der Waals surface area contributed by atoms with Crippen molar-refractivity contribution in [3.05, 3.63) is 41.6 Å². The molecule has 2 rings (SSSR count). The number of benzene rings is 1. The standard InChI is InChI=1S/C17H21F3N2/c1-11(10-16(2,3)4)12-7-5-6-8-13(12)14-9-15(22-21-14)17(18,19)20/h5-9,11H,10H2,1-4H3,(H,21,22). The Morgan fingerprint density at radius 2 is 1.77 bits per heavy atom. The van der Waals surface area contributed by atoms with E-state index in [1.54, 1.807) is 0 Å². The molecule has 1 aromatic heterocycles. The average molecular weight is 310 g/mol. The van der Waals surface area contributed by atoms with E-state index in [1.165, 1.54) is 0 Å². The summed E-state index contributed by atoms with van der Waals surface area (Å²) in [5.41, 5.74) is 1.45. The zero-order valence-electron chi connectivity index (χ0n) is 13.3. The Kier molecular flexibility index (Phi) is 4.36. The molecule has 1 heterocycles. The monoisotopic (exact) mass is 310 g/mol. The van der Waals surface area contributed by atoms with E-state index in [-0.39, 0.29) is 11.3 Å². The molecule has 120 valence electrons. The van der Waals surface area contributed by atoms with E-state index in [0.29, 0.717) is 5.69 Å². The van der Waals surface area contributed by atoms with Crippen molar-refractivity contribution in [1.82, 2.24) is 10.2 Å². The lowest BCUT2D eigenvalue weighted by molar-refractivity contribution is -0.141. The largest absolute Gasteiger partial charge is 0.432 e. The van der Waals surface area contributed by atoms with E-state index < -0.39 is 11.9 Å². The lowest BCUT2D eigenvalue weighted by Gasteiger charge is -2.24. The van der Waals surface area contributed by atoms with E-state index in [1.807, 2.05) is 24.3 Å². The minimum absolute atomic E-state index is 0.148. The Morgan fingerprint density at radius 3 is 2.32 bits per heavy atom. The topological polar surface area (TPSA) is 28.7 Å². The first-order valence-corrected chi connectivity index (χ1v) is 7.30. The number of nitrogens with zero attached hydrogens (tertiary/aromatic N) is 1. The summed E-state index contributed by atoms with van der Waals surface area (Å²) in [6.45, 7) is 8.56. The maximum Gasteiger partial charge on any atom is 0.432 e. The van der Waals surface area contributed by atoms with Crippen LogP contribution in [0.4, 0.5) is 13.2 Å². The Hall–Kier alpha value is -1.78. The molecule has 0 amide bonds. The minimum Gasteiger partial charge on any atom is -0.273 e. The van der Waals surface area contributed by atoms with E-state index >= 15 is 0 Å². The van der Waals surface area contributed by atoms with Crippen LogP contribution < -0.4 is 0 Å². The second kappa shape index (κ2) is 5.78. The van der Waals surface area contributed by atoms with Gasteiger partial charge in [0.2, 0.25) is 0 Å². The number of nitrogens with one attached hydrogen (secondary N) is 1. The van der Waals surface area contributed by atoms with Crippen molar-refractivity contribution in [2.75, 3.05) is 0 Å². The number of hydrogen-bond donors (Lipinski definition) is 1. The van der Waals surface area contributed by atoms with Crippen LogP contribution in [0.15, 0.2) is 30.3 Å². The van der Waals surface area contributed by atoms with E-state index in [0.717, 1.165) is 23.6 Å². The minimum atomic E-state index is -4.41. The Morgan fingerprint density at radius 1 is 1.14 bits per heavy atom. The molecule has 0 aliphatic carbocycles. The van der Waals surface area contributed by atoms with Gasteiger partial charge >= 0.3 is 6.18 Å². The number of alkyl halides is 3. The smallest absolute Gasteiger partial charge is 0.273 e. The van der Waals surface area contributed by atoms with Crippen LogP contribution in [0, 0.1) is 5.41 Å². The molecule has 0 spiro atoms. The van der Waals surface area contributed by atoms with Gasteiger partial charge in [-0.05, 0) is 29.4 Å². The molecule has 1 atom stereocenters. The Balaban J connectivity index is 2.38. The van der Waals surface area contributed by atoms with Crippen molar-refractivity contribution in [2.24, 2.45) is 5.41 Å². The van der Waals surface area contributed by atoms with Gasteiger partial charge in [0.25, 0.3) is 0 Å². The zero-order chi connectivity index (χ0) is 16.5. The quantitative estimate of drug-likeness (QED) is 0.781. The van der Waals surface area contributed by atoms with Gasteiger partial charge in [-0.3, -0.25) is 5.10 Å². The first-order chi connectivity index (χ1) is 10.1. The first kappa shape index (κ1) is 16.6. The number of halogens is 3. The van der Waals surface area contributed by atoms with Gasteiger partial charge in [-0.1, -0.05) is 52.0 Å². The molecule has 0 aliphatic rings. The molecule has 1 N–H and O–H groups in total. The lowest BCUT2D eigenvalue weighted by Crippen LogP contribution is -2.10. The van der Waals surface area contributed by atoms with Gasteiger partial charge in [0.1, 0.15) is 5.69 Å². The molecule has 5 heteroatoms. The highest BCUT2D eigenvalue weighted by Gasteiger charge is 2.33. The predicted octanol–water partition coefficient (Wildman–Crippen LogP) is 5.64. The molecule has 0 saturated carbocycles. The molecule has 0 fully saturated rings. The lowest BCUT2D eigenvalue weighted by atomic mass is 9.81. The molecule has 0 bridgehead atoms. The van der Waals surface area contributed by atoms with Crippen molar-refractivity contribution in [3.63, 3.8) is 0 Å². The fourth-order valence-corrected chi connectivity index (χ4v) is 2.79. The maximum atomic E-state index is 12.7. The van der Waals surface area contributed by atoms with Gasteiger partial charge in [0, 0.05) is 5.56 Å². The molecule has 22 heavy (non-hydrogen) atoms. The Labute approximate surface area is 128 Å². The molecule has 2 nitrogen and oxygen atoms in total. The molecule has 0 saturated heterocycles. The molecular weight excluding hydrogens is 289 g/mol.